The maximum absolute atomic E-state index is 12.9. The summed E-state index contributed by atoms with van der Waals surface area (Å²) in [5, 5.41) is 9.44. The van der Waals surface area contributed by atoms with Gasteiger partial charge in [0.2, 0.25) is 5.88 Å². The molecule has 0 unspecified atom stereocenters. The van der Waals surface area contributed by atoms with E-state index < -0.39 is 17.7 Å². The Kier molecular flexibility index (Phi) is 5.36. The van der Waals surface area contributed by atoms with Crippen molar-refractivity contribution in [3.05, 3.63) is 35.0 Å². The minimum atomic E-state index is -0.798. The Hall–Kier alpha value is -3.47. The van der Waals surface area contributed by atoms with Gasteiger partial charge in [-0.1, -0.05) is 0 Å². The Bertz CT molecular complexity index is 1090. The number of fused-ring (bicyclic) bond motifs is 1. The summed E-state index contributed by atoms with van der Waals surface area (Å²) in [5.74, 6) is -2.13. The van der Waals surface area contributed by atoms with Crippen molar-refractivity contribution < 1.29 is 19.1 Å². The molecule has 1 fully saturated rings. The predicted molar refractivity (Wildman–Crippen MR) is 110 cm³/mol. The number of carbonyl (C=O) groups excluding carboxylic acids is 3. The Labute approximate surface area is 175 Å². The van der Waals surface area contributed by atoms with Crippen LogP contribution in [0.25, 0.3) is 10.2 Å². The SMILES string of the molecule is COc1ncc(NC(=O)C(=O)N2CCCC[C@H]2c2cc3[nH]ncc3s2)cc1C(N)=O. The first kappa shape index (κ1) is 19.8. The van der Waals surface area contributed by atoms with Crippen molar-refractivity contribution in [2.24, 2.45) is 5.73 Å². The van der Waals surface area contributed by atoms with Gasteiger partial charge in [0.15, 0.2) is 0 Å². The third-order valence-electron chi connectivity index (χ3n) is 5.00. The molecule has 1 saturated heterocycles. The summed E-state index contributed by atoms with van der Waals surface area (Å²) in [4.78, 5) is 43.7. The van der Waals surface area contributed by atoms with Gasteiger partial charge in [-0.25, -0.2) is 4.98 Å². The number of H-pyrrole nitrogens is 1. The van der Waals surface area contributed by atoms with Crippen LogP contribution in [0, 0.1) is 0 Å². The molecule has 1 atom stereocenters. The number of amides is 3. The average molecular weight is 428 g/mol. The van der Waals surface area contributed by atoms with Crippen LogP contribution in [0.2, 0.25) is 0 Å². The molecule has 3 aromatic rings. The molecule has 11 heteroatoms. The van der Waals surface area contributed by atoms with Crippen LogP contribution in [-0.2, 0) is 9.59 Å². The summed E-state index contributed by atoms with van der Waals surface area (Å²) in [6, 6.07) is 3.15. The van der Waals surface area contributed by atoms with Gasteiger partial charge in [-0.2, -0.15) is 5.10 Å². The highest BCUT2D eigenvalue weighted by Gasteiger charge is 2.33. The lowest BCUT2D eigenvalue weighted by Gasteiger charge is -2.34. The number of hydrogen-bond donors (Lipinski definition) is 3. The summed E-state index contributed by atoms with van der Waals surface area (Å²) in [6.07, 6.45) is 5.64. The van der Waals surface area contributed by atoms with E-state index >= 15 is 0 Å². The second kappa shape index (κ2) is 8.11. The number of aromatic amines is 1. The highest BCUT2D eigenvalue weighted by Crippen LogP contribution is 2.37. The number of nitrogens with zero attached hydrogens (tertiary/aromatic N) is 3. The molecular formula is C19H20N6O4S. The standard InChI is InChI=1S/C19H20N6O4S/c1-29-18-11(16(20)26)6-10(8-21-18)23-17(27)19(28)25-5-3-2-4-13(25)14-7-12-15(30-14)9-22-24-12/h6-9,13H,2-5H2,1H3,(H2,20,26)(H,22,24)(H,23,27)/t13-/m0/s1. The number of primary amides is 1. The predicted octanol–water partition coefficient (Wildman–Crippen LogP) is 1.82. The number of methoxy groups -OCH3 is 1. The number of nitrogens with one attached hydrogen (secondary N) is 2. The van der Waals surface area contributed by atoms with E-state index in [9.17, 15) is 14.4 Å². The maximum atomic E-state index is 12.9. The fraction of sp³-hybridized carbons (Fsp3) is 0.316. The minimum absolute atomic E-state index is 0.0147. The molecule has 4 N–H and O–H groups in total. The summed E-state index contributed by atoms with van der Waals surface area (Å²) in [6.45, 7) is 0.494. The first-order chi connectivity index (χ1) is 14.5. The van der Waals surface area contributed by atoms with E-state index in [1.165, 1.54) is 19.4 Å². The first-order valence-corrected chi connectivity index (χ1v) is 10.2. The quantitative estimate of drug-likeness (QED) is 0.541. The average Bonchev–Trinajstić information content (AvgIpc) is 3.35. The molecular weight excluding hydrogens is 408 g/mol. The molecule has 0 radical (unpaired) electrons. The molecule has 4 heterocycles. The molecule has 156 valence electrons. The Balaban J connectivity index is 1.53. The Morgan fingerprint density at radius 2 is 2.13 bits per heavy atom. The summed E-state index contributed by atoms with van der Waals surface area (Å²) < 4.78 is 5.99. The molecule has 0 bridgehead atoms. The van der Waals surface area contributed by atoms with Crippen molar-refractivity contribution in [3.63, 3.8) is 0 Å². The number of likely N-dealkylation sites (tertiary alicyclic amines) is 1. The van der Waals surface area contributed by atoms with E-state index in [1.54, 1.807) is 22.4 Å². The van der Waals surface area contributed by atoms with Crippen molar-refractivity contribution >= 4 is 45.0 Å². The number of aromatic nitrogens is 3. The fourth-order valence-corrected chi connectivity index (χ4v) is 4.71. The highest BCUT2D eigenvalue weighted by molar-refractivity contribution is 7.19. The van der Waals surface area contributed by atoms with E-state index in [4.69, 9.17) is 10.5 Å². The summed E-state index contributed by atoms with van der Waals surface area (Å²) in [7, 11) is 1.36. The van der Waals surface area contributed by atoms with Gasteiger partial charge in [0, 0.05) is 11.4 Å². The van der Waals surface area contributed by atoms with Crippen LogP contribution in [-0.4, -0.2) is 51.5 Å². The number of nitrogens with two attached hydrogens (primary N) is 1. The number of hydrogen-bond acceptors (Lipinski definition) is 7. The molecule has 30 heavy (non-hydrogen) atoms. The number of pyridine rings is 1. The number of thiophene rings is 1. The number of carbonyl (C=O) groups is 3. The summed E-state index contributed by atoms with van der Waals surface area (Å²) >= 11 is 1.56. The van der Waals surface area contributed by atoms with Crippen molar-refractivity contribution in [1.29, 1.82) is 0 Å². The number of rotatable bonds is 4. The van der Waals surface area contributed by atoms with Crippen molar-refractivity contribution in [2.45, 2.75) is 25.3 Å². The van der Waals surface area contributed by atoms with Gasteiger partial charge >= 0.3 is 11.8 Å². The van der Waals surface area contributed by atoms with Gasteiger partial charge in [-0.15, -0.1) is 11.3 Å². The second-order valence-electron chi connectivity index (χ2n) is 6.91. The molecule has 1 aliphatic heterocycles. The zero-order valence-electron chi connectivity index (χ0n) is 16.2. The van der Waals surface area contributed by atoms with Crippen molar-refractivity contribution in [1.82, 2.24) is 20.1 Å². The van der Waals surface area contributed by atoms with Crippen LogP contribution >= 0.6 is 11.3 Å². The molecule has 3 amide bonds. The van der Waals surface area contributed by atoms with E-state index in [-0.39, 0.29) is 23.2 Å². The maximum Gasteiger partial charge on any atom is 0.313 e. The smallest absolute Gasteiger partial charge is 0.313 e. The van der Waals surface area contributed by atoms with E-state index in [0.29, 0.717) is 6.54 Å². The van der Waals surface area contributed by atoms with Crippen LogP contribution < -0.4 is 15.8 Å². The molecule has 0 spiro atoms. The topological polar surface area (TPSA) is 143 Å². The zero-order chi connectivity index (χ0) is 21.3. The first-order valence-electron chi connectivity index (χ1n) is 9.36. The largest absolute Gasteiger partial charge is 0.480 e. The lowest BCUT2D eigenvalue weighted by atomic mass is 10.0. The fourth-order valence-electron chi connectivity index (χ4n) is 3.58. The lowest BCUT2D eigenvalue weighted by Crippen LogP contribution is -2.44. The molecule has 0 aliphatic carbocycles. The monoisotopic (exact) mass is 428 g/mol. The van der Waals surface area contributed by atoms with Gasteiger partial charge in [0.05, 0.1) is 41.4 Å². The molecule has 10 nitrogen and oxygen atoms in total. The van der Waals surface area contributed by atoms with Gasteiger partial charge < -0.3 is 20.7 Å². The van der Waals surface area contributed by atoms with Crippen LogP contribution in [0.15, 0.2) is 24.5 Å². The minimum Gasteiger partial charge on any atom is -0.480 e. The van der Waals surface area contributed by atoms with Crippen molar-refractivity contribution in [3.8, 4) is 5.88 Å². The highest BCUT2D eigenvalue weighted by atomic mass is 32.1. The van der Waals surface area contributed by atoms with E-state index in [0.717, 1.165) is 34.4 Å². The molecule has 4 rings (SSSR count). The van der Waals surface area contributed by atoms with Crippen LogP contribution in [0.1, 0.15) is 40.5 Å². The van der Waals surface area contributed by atoms with Crippen LogP contribution in [0.3, 0.4) is 0 Å². The molecule has 0 aromatic carbocycles. The Morgan fingerprint density at radius 3 is 2.87 bits per heavy atom. The number of ether oxygens (including phenoxy) is 1. The van der Waals surface area contributed by atoms with Crippen molar-refractivity contribution in [2.75, 3.05) is 19.0 Å². The lowest BCUT2D eigenvalue weighted by molar-refractivity contribution is -0.145. The second-order valence-corrected chi connectivity index (χ2v) is 8.02. The van der Waals surface area contributed by atoms with Crippen LogP contribution in [0.4, 0.5) is 5.69 Å². The summed E-state index contributed by atoms with van der Waals surface area (Å²) in [5.41, 5.74) is 6.44. The molecule has 0 saturated carbocycles. The zero-order valence-corrected chi connectivity index (χ0v) is 17.0. The third-order valence-corrected chi connectivity index (χ3v) is 6.17. The van der Waals surface area contributed by atoms with E-state index in [2.05, 4.69) is 20.5 Å². The normalized spacial score (nSPS) is 16.4. The van der Waals surface area contributed by atoms with E-state index in [1.807, 2.05) is 6.07 Å². The molecule has 1 aliphatic rings. The third kappa shape index (κ3) is 3.71. The number of piperidine rings is 1. The van der Waals surface area contributed by atoms with Crippen LogP contribution in [0.5, 0.6) is 5.88 Å². The van der Waals surface area contributed by atoms with Gasteiger partial charge in [-0.3, -0.25) is 19.5 Å². The van der Waals surface area contributed by atoms with Gasteiger partial charge in [0.1, 0.15) is 5.56 Å². The Morgan fingerprint density at radius 1 is 1.30 bits per heavy atom. The van der Waals surface area contributed by atoms with Gasteiger partial charge in [-0.05, 0) is 31.4 Å². The number of anilines is 1. The molecule has 3 aromatic heterocycles. The van der Waals surface area contributed by atoms with Gasteiger partial charge in [0.25, 0.3) is 5.91 Å².